The Morgan fingerprint density at radius 1 is 0.583 bits per heavy atom. The van der Waals surface area contributed by atoms with Crippen LogP contribution in [0.15, 0.2) is 146 Å². The Kier molecular flexibility index (Phi) is 17.7. The Morgan fingerprint density at radius 3 is 1.30 bits per heavy atom. The zero-order chi connectivity index (χ0) is 41.6. The maximum absolute atomic E-state index is 5.88. The van der Waals surface area contributed by atoms with Gasteiger partial charge in [0, 0.05) is 0 Å². The van der Waals surface area contributed by atoms with Gasteiger partial charge in [0.15, 0.2) is 0 Å². The van der Waals surface area contributed by atoms with Gasteiger partial charge in [0.05, 0.1) is 0 Å². The van der Waals surface area contributed by atoms with E-state index in [1.54, 1.807) is 0 Å². The van der Waals surface area contributed by atoms with E-state index in [9.17, 15) is 0 Å². The van der Waals surface area contributed by atoms with Gasteiger partial charge in [-0.2, -0.15) is 6.08 Å². The largest absolute Gasteiger partial charge is 1.00 e. The van der Waals surface area contributed by atoms with Crippen LogP contribution in [0.2, 0.25) is 10.0 Å². The molecular formula is C55H54Cl4Zr-2. The third-order valence-electron chi connectivity index (χ3n) is 10.7. The Hall–Kier alpha value is -3.42. The molecule has 0 radical (unpaired) electrons. The molecule has 8 rings (SSSR count). The van der Waals surface area contributed by atoms with Gasteiger partial charge < -0.3 is 24.8 Å². The molecule has 1 aliphatic carbocycles. The van der Waals surface area contributed by atoms with Crippen molar-refractivity contribution in [1.29, 1.82) is 0 Å². The van der Waals surface area contributed by atoms with Crippen LogP contribution < -0.4 is 24.8 Å². The van der Waals surface area contributed by atoms with Crippen molar-refractivity contribution in [3.8, 4) is 22.3 Å². The molecule has 7 aromatic carbocycles. The van der Waals surface area contributed by atoms with Gasteiger partial charge in [-0.1, -0.05) is 102 Å². The van der Waals surface area contributed by atoms with Crippen molar-refractivity contribution in [2.24, 2.45) is 0 Å². The molecule has 0 heterocycles. The number of benzene rings is 6. The molecule has 0 amide bonds. The molecule has 0 bridgehead atoms. The van der Waals surface area contributed by atoms with Crippen molar-refractivity contribution >= 4 is 48.0 Å². The fraction of sp³-hybridized carbons (Fsp3) is 0.236. The van der Waals surface area contributed by atoms with E-state index < -0.39 is 0 Å². The average Bonchev–Trinajstić information content (AvgIpc) is 3.88. The Bertz CT molecular complexity index is 2420. The fourth-order valence-electron chi connectivity index (χ4n) is 7.64. The maximum atomic E-state index is 5.88. The molecule has 0 atom stereocenters. The molecule has 0 unspecified atom stereocenters. The first kappa shape index (κ1) is 49.2. The number of rotatable bonds is 6. The molecule has 0 saturated carbocycles. The van der Waals surface area contributed by atoms with Crippen LogP contribution in [0, 0.1) is 19.9 Å². The summed E-state index contributed by atoms with van der Waals surface area (Å²) in [7, 11) is 0. The van der Waals surface area contributed by atoms with Gasteiger partial charge in [-0.25, -0.2) is 12.2 Å². The zero-order valence-electron chi connectivity index (χ0n) is 36.0. The Morgan fingerprint density at radius 2 is 0.983 bits per heavy atom. The molecule has 0 aliphatic heterocycles. The Labute approximate surface area is 396 Å². The Balaban J connectivity index is 0.000000265. The molecule has 5 heteroatoms. The SMILES string of the molecule is Cc1ccccc1-c1cc2[cH-]c3cc(-c4ccccc4C)c(C(C)(C)C)cc3c2cc1C(C)(C)C.Clc1ccc(C[C](=[Zr+2])Cc2ccc(Cl)cc2)cc1.[C-]1=CC=CC1.[Cl-].[Cl-]. The van der Waals surface area contributed by atoms with Gasteiger partial charge in [0.25, 0.3) is 0 Å². The first-order chi connectivity index (χ1) is 27.6. The minimum absolute atomic E-state index is 0. The second-order valence-electron chi connectivity index (χ2n) is 17.5. The number of allylic oxidation sites excluding steroid dienone is 4. The van der Waals surface area contributed by atoms with E-state index in [0.29, 0.717) is 0 Å². The fourth-order valence-corrected chi connectivity index (χ4v) is 8.90. The van der Waals surface area contributed by atoms with Crippen LogP contribution in [0.1, 0.15) is 81.3 Å². The van der Waals surface area contributed by atoms with Crippen LogP contribution in [0.5, 0.6) is 0 Å². The third-order valence-corrected chi connectivity index (χ3v) is 12.1. The number of fused-ring (bicyclic) bond motifs is 3. The molecule has 0 fully saturated rings. The number of aryl methyl sites for hydroxylation is 2. The summed E-state index contributed by atoms with van der Waals surface area (Å²) in [6.07, 6.45) is 12.1. The van der Waals surface area contributed by atoms with Gasteiger partial charge in [-0.3, -0.25) is 6.08 Å². The van der Waals surface area contributed by atoms with Crippen LogP contribution in [0.4, 0.5) is 0 Å². The molecule has 0 N–H and O–H groups in total. The van der Waals surface area contributed by atoms with Gasteiger partial charge in [-0.15, -0.1) is 46.2 Å². The van der Waals surface area contributed by atoms with Crippen LogP contribution >= 0.6 is 23.2 Å². The minimum atomic E-state index is 0. The van der Waals surface area contributed by atoms with Gasteiger partial charge >= 0.3 is 133 Å². The quantitative estimate of drug-likeness (QED) is 0.146. The predicted molar refractivity (Wildman–Crippen MR) is 252 cm³/mol. The van der Waals surface area contributed by atoms with E-state index >= 15 is 0 Å². The van der Waals surface area contributed by atoms with Gasteiger partial charge in [0.1, 0.15) is 0 Å². The second kappa shape index (κ2) is 21.6. The van der Waals surface area contributed by atoms with Crippen LogP contribution in [-0.4, -0.2) is 3.21 Å². The first-order valence-corrected chi connectivity index (χ1v) is 22.2. The van der Waals surface area contributed by atoms with Crippen molar-refractivity contribution < 1.29 is 49.0 Å². The van der Waals surface area contributed by atoms with Crippen molar-refractivity contribution in [1.82, 2.24) is 0 Å². The third kappa shape index (κ3) is 12.6. The summed E-state index contributed by atoms with van der Waals surface area (Å²) in [5.41, 5.74) is 13.6. The summed E-state index contributed by atoms with van der Waals surface area (Å²) in [6.45, 7) is 18.4. The molecule has 308 valence electrons. The summed E-state index contributed by atoms with van der Waals surface area (Å²) >= 11 is 13.2. The molecule has 0 saturated heterocycles. The number of hydrogen-bond donors (Lipinski definition) is 0. The summed E-state index contributed by atoms with van der Waals surface area (Å²) in [5.74, 6) is 0. The van der Waals surface area contributed by atoms with E-state index in [4.69, 9.17) is 23.2 Å². The summed E-state index contributed by atoms with van der Waals surface area (Å²) in [4.78, 5) is 0. The normalized spacial score (nSPS) is 11.9. The standard InChI is InChI=1S/C35H37.C15H12Cl2.C5H5.2ClH.Zr/c1-22-13-9-11-15-26(22)30-18-24-17-25-19-31(27-16-12-10-14-23(27)2)33(35(6,7)8)21-29(25)28(24)20-32(30)34(3,4)5;16-14-8-4-12(5-9-14)2-1-3-13-6-10-15(17)11-7-13;1-2-4-5-3-1;;;/h9-21H,1-8H3;4-11H,2-3H2;1-3H,4H2;2*1H;/q-1;;-1;;;+2/p-2. The molecule has 1 aliphatic rings. The molecule has 0 nitrogen and oxygen atoms in total. The minimum Gasteiger partial charge on any atom is -1.00 e. The van der Waals surface area contributed by atoms with Crippen LogP contribution in [0.3, 0.4) is 0 Å². The van der Waals surface area contributed by atoms with Crippen LogP contribution in [-0.2, 0) is 47.9 Å². The van der Waals surface area contributed by atoms with Gasteiger partial charge in [0.2, 0.25) is 0 Å². The smallest absolute Gasteiger partial charge is 0.109 e. The summed E-state index contributed by atoms with van der Waals surface area (Å²) < 4.78 is 1.52. The summed E-state index contributed by atoms with van der Waals surface area (Å²) in [6, 6.07) is 45.9. The molecule has 0 spiro atoms. The van der Waals surface area contributed by atoms with E-state index in [2.05, 4.69) is 171 Å². The second-order valence-corrected chi connectivity index (χ2v) is 20.1. The molecule has 7 aromatic rings. The monoisotopic (exact) mass is 944 g/mol. The average molecular weight is 948 g/mol. The number of halogens is 4. The maximum Gasteiger partial charge on any atom is -0.109 e. The molecule has 60 heavy (non-hydrogen) atoms. The van der Waals surface area contributed by atoms with E-state index in [1.165, 1.54) is 105 Å². The molecular weight excluding hydrogens is 894 g/mol. The molecule has 0 aromatic heterocycles. The zero-order valence-corrected chi connectivity index (χ0v) is 41.5. The van der Waals surface area contributed by atoms with Crippen molar-refractivity contribution in [3.63, 3.8) is 0 Å². The first-order valence-electron chi connectivity index (χ1n) is 20.2. The van der Waals surface area contributed by atoms with Crippen LogP contribution in [0.25, 0.3) is 43.8 Å². The van der Waals surface area contributed by atoms with Crippen molar-refractivity contribution in [3.05, 3.63) is 195 Å². The van der Waals surface area contributed by atoms with E-state index in [-0.39, 0.29) is 35.6 Å². The topological polar surface area (TPSA) is 0 Å². The predicted octanol–water partition coefficient (Wildman–Crippen LogP) is 10.1. The van der Waals surface area contributed by atoms with Crippen molar-refractivity contribution in [2.45, 2.75) is 85.5 Å². The summed E-state index contributed by atoms with van der Waals surface area (Å²) in [5, 5.41) is 6.97. The van der Waals surface area contributed by atoms with E-state index in [1.807, 2.05) is 36.4 Å². The van der Waals surface area contributed by atoms with Crippen molar-refractivity contribution in [2.75, 3.05) is 0 Å². The van der Waals surface area contributed by atoms with E-state index in [0.717, 1.165) is 29.3 Å². The van der Waals surface area contributed by atoms with Gasteiger partial charge in [-0.05, 0) is 69.2 Å². The number of hydrogen-bond acceptors (Lipinski definition) is 0.